The number of carbonyl (C=O) groups excluding carboxylic acids is 1. The van der Waals surface area contributed by atoms with Crippen LogP contribution >= 0.6 is 0 Å². The summed E-state index contributed by atoms with van der Waals surface area (Å²) in [5, 5.41) is 6.93. The largest absolute Gasteiger partial charge is 0.493 e. The Kier molecular flexibility index (Phi) is 3.32. The van der Waals surface area contributed by atoms with Crippen molar-refractivity contribution in [3.8, 4) is 22.8 Å². The molecule has 2 aromatic rings. The summed E-state index contributed by atoms with van der Waals surface area (Å²) in [7, 11) is 3.14. The molecule has 0 bridgehead atoms. The summed E-state index contributed by atoms with van der Waals surface area (Å²) in [6, 6.07) is 5.41. The quantitative estimate of drug-likeness (QED) is 0.840. The topological polar surface area (TPSA) is 64.2 Å². The number of aryl methyl sites for hydroxylation is 1. The molecule has 18 heavy (non-hydrogen) atoms. The van der Waals surface area contributed by atoms with Gasteiger partial charge in [-0.15, -0.1) is 0 Å². The zero-order chi connectivity index (χ0) is 13.1. The molecule has 0 aliphatic carbocycles. The van der Waals surface area contributed by atoms with E-state index >= 15 is 0 Å². The first-order chi connectivity index (χ1) is 8.71. The van der Waals surface area contributed by atoms with E-state index in [0.29, 0.717) is 22.8 Å². The van der Waals surface area contributed by atoms with Crippen LogP contribution in [0.3, 0.4) is 0 Å². The Bertz CT molecular complexity index is 576. The molecule has 1 N–H and O–H groups in total. The Morgan fingerprint density at radius 1 is 1.22 bits per heavy atom. The molecule has 5 nitrogen and oxygen atoms in total. The highest BCUT2D eigenvalue weighted by atomic mass is 16.5. The maximum absolute atomic E-state index is 11.0. The molecule has 0 aliphatic rings. The van der Waals surface area contributed by atoms with Crippen LogP contribution in [0.15, 0.2) is 18.2 Å². The molecule has 0 amide bonds. The van der Waals surface area contributed by atoms with Crippen molar-refractivity contribution in [2.24, 2.45) is 0 Å². The molecule has 0 atom stereocenters. The Morgan fingerprint density at radius 2 is 1.94 bits per heavy atom. The second kappa shape index (κ2) is 4.91. The lowest BCUT2D eigenvalue weighted by molar-refractivity contribution is 0.112. The number of nitrogens with zero attached hydrogens (tertiary/aromatic N) is 1. The molecule has 94 valence electrons. The Morgan fingerprint density at radius 3 is 2.56 bits per heavy atom. The van der Waals surface area contributed by atoms with E-state index < -0.39 is 0 Å². The average Bonchev–Trinajstić information content (AvgIpc) is 2.78. The van der Waals surface area contributed by atoms with Crippen LogP contribution < -0.4 is 9.47 Å². The van der Waals surface area contributed by atoms with E-state index in [4.69, 9.17) is 9.47 Å². The van der Waals surface area contributed by atoms with Crippen LogP contribution in [0, 0.1) is 6.92 Å². The van der Waals surface area contributed by atoms with E-state index in [0.717, 1.165) is 17.5 Å². The number of aromatic amines is 1. The van der Waals surface area contributed by atoms with E-state index in [1.807, 2.05) is 6.07 Å². The molecular weight excluding hydrogens is 232 g/mol. The van der Waals surface area contributed by atoms with Crippen molar-refractivity contribution in [2.45, 2.75) is 6.92 Å². The molecule has 0 saturated carbocycles. The first-order valence-corrected chi connectivity index (χ1v) is 5.43. The van der Waals surface area contributed by atoms with Crippen molar-refractivity contribution < 1.29 is 14.3 Å². The fourth-order valence-electron chi connectivity index (χ4n) is 1.79. The van der Waals surface area contributed by atoms with Gasteiger partial charge in [0.05, 0.1) is 19.8 Å². The van der Waals surface area contributed by atoms with Crippen molar-refractivity contribution in [1.82, 2.24) is 10.2 Å². The van der Waals surface area contributed by atoms with Gasteiger partial charge in [-0.1, -0.05) is 0 Å². The number of ether oxygens (including phenoxy) is 2. The maximum Gasteiger partial charge on any atom is 0.161 e. The van der Waals surface area contributed by atoms with Gasteiger partial charge in [-0.25, -0.2) is 0 Å². The van der Waals surface area contributed by atoms with Crippen LogP contribution in [0.1, 0.15) is 16.1 Å². The molecule has 0 saturated heterocycles. The average molecular weight is 246 g/mol. The minimum Gasteiger partial charge on any atom is -0.493 e. The van der Waals surface area contributed by atoms with Crippen LogP contribution in [0.5, 0.6) is 11.5 Å². The van der Waals surface area contributed by atoms with Gasteiger partial charge >= 0.3 is 0 Å². The smallest absolute Gasteiger partial charge is 0.161 e. The summed E-state index contributed by atoms with van der Waals surface area (Å²) >= 11 is 0. The monoisotopic (exact) mass is 246 g/mol. The highest BCUT2D eigenvalue weighted by molar-refractivity contribution is 5.87. The number of rotatable bonds is 4. The standard InChI is InChI=1S/C13H14N2O3/c1-8-10(7-16)13(15-14-8)9-4-5-11(17-2)12(6-9)18-3/h4-7H,1-3H3,(H,14,15). The lowest BCUT2D eigenvalue weighted by Crippen LogP contribution is -1.92. The van der Waals surface area contributed by atoms with Crippen molar-refractivity contribution in [1.29, 1.82) is 0 Å². The van der Waals surface area contributed by atoms with Gasteiger partial charge in [0.15, 0.2) is 17.8 Å². The molecule has 1 heterocycles. The maximum atomic E-state index is 11.0. The van der Waals surface area contributed by atoms with E-state index in [9.17, 15) is 4.79 Å². The summed E-state index contributed by atoms with van der Waals surface area (Å²) in [6.45, 7) is 1.81. The predicted molar refractivity (Wildman–Crippen MR) is 67.3 cm³/mol. The molecule has 1 aromatic heterocycles. The van der Waals surface area contributed by atoms with Gasteiger partial charge in [-0.05, 0) is 25.1 Å². The van der Waals surface area contributed by atoms with Gasteiger partial charge in [0, 0.05) is 11.3 Å². The molecule has 0 fully saturated rings. The minimum atomic E-state index is 0.558. The summed E-state index contributed by atoms with van der Waals surface area (Å²) in [5.74, 6) is 1.24. The molecular formula is C13H14N2O3. The van der Waals surface area contributed by atoms with Gasteiger partial charge in [-0.2, -0.15) is 5.10 Å². The molecule has 0 aliphatic heterocycles. The third-order valence-electron chi connectivity index (χ3n) is 2.77. The summed E-state index contributed by atoms with van der Waals surface area (Å²) in [5.41, 5.74) is 2.72. The van der Waals surface area contributed by atoms with Crippen LogP contribution in [-0.4, -0.2) is 30.7 Å². The normalized spacial score (nSPS) is 10.2. The number of nitrogens with one attached hydrogen (secondary N) is 1. The first-order valence-electron chi connectivity index (χ1n) is 5.43. The molecule has 1 aromatic carbocycles. The summed E-state index contributed by atoms with van der Waals surface area (Å²) in [6.07, 6.45) is 0.797. The first kappa shape index (κ1) is 12.2. The molecule has 0 unspecified atom stereocenters. The molecule has 0 spiro atoms. The van der Waals surface area contributed by atoms with E-state index in [1.165, 1.54) is 0 Å². The van der Waals surface area contributed by atoms with Crippen molar-refractivity contribution in [3.05, 3.63) is 29.5 Å². The predicted octanol–water partition coefficient (Wildman–Crippen LogP) is 2.21. The minimum absolute atomic E-state index is 0.558. The Labute approximate surface area is 105 Å². The third kappa shape index (κ3) is 1.95. The number of methoxy groups -OCH3 is 2. The molecule has 2 rings (SSSR count). The van der Waals surface area contributed by atoms with Crippen molar-refractivity contribution in [3.63, 3.8) is 0 Å². The van der Waals surface area contributed by atoms with Gasteiger partial charge in [0.2, 0.25) is 0 Å². The SMILES string of the molecule is COc1ccc(-c2n[nH]c(C)c2C=O)cc1OC. The number of H-pyrrole nitrogens is 1. The van der Waals surface area contributed by atoms with Crippen LogP contribution in [0.25, 0.3) is 11.3 Å². The number of hydrogen-bond acceptors (Lipinski definition) is 4. The van der Waals surface area contributed by atoms with Crippen molar-refractivity contribution in [2.75, 3.05) is 14.2 Å². The summed E-state index contributed by atoms with van der Waals surface area (Å²) in [4.78, 5) is 11.0. The number of benzene rings is 1. The fraction of sp³-hybridized carbons (Fsp3) is 0.231. The van der Waals surface area contributed by atoms with Gasteiger partial charge < -0.3 is 9.47 Å². The van der Waals surface area contributed by atoms with Crippen molar-refractivity contribution >= 4 is 6.29 Å². The van der Waals surface area contributed by atoms with E-state index in [-0.39, 0.29) is 0 Å². The second-order valence-electron chi connectivity index (χ2n) is 3.80. The Balaban J connectivity index is 2.54. The number of hydrogen-bond donors (Lipinski definition) is 1. The lowest BCUT2D eigenvalue weighted by atomic mass is 10.1. The zero-order valence-corrected chi connectivity index (χ0v) is 10.5. The molecule has 5 heteroatoms. The Hall–Kier alpha value is -2.30. The highest BCUT2D eigenvalue weighted by Crippen LogP contribution is 2.32. The lowest BCUT2D eigenvalue weighted by Gasteiger charge is -2.08. The van der Waals surface area contributed by atoms with Crippen LogP contribution in [-0.2, 0) is 0 Å². The highest BCUT2D eigenvalue weighted by Gasteiger charge is 2.13. The third-order valence-corrected chi connectivity index (χ3v) is 2.77. The van der Waals surface area contributed by atoms with Crippen LogP contribution in [0.2, 0.25) is 0 Å². The van der Waals surface area contributed by atoms with Gasteiger partial charge in [0.1, 0.15) is 5.69 Å². The molecule has 0 radical (unpaired) electrons. The van der Waals surface area contributed by atoms with E-state index in [2.05, 4.69) is 10.2 Å². The van der Waals surface area contributed by atoms with Gasteiger partial charge in [-0.3, -0.25) is 9.89 Å². The van der Waals surface area contributed by atoms with Crippen LogP contribution in [0.4, 0.5) is 0 Å². The van der Waals surface area contributed by atoms with Gasteiger partial charge in [0.25, 0.3) is 0 Å². The number of aromatic nitrogens is 2. The zero-order valence-electron chi connectivity index (χ0n) is 10.5. The van der Waals surface area contributed by atoms with E-state index in [1.54, 1.807) is 33.3 Å². The fourth-order valence-corrected chi connectivity index (χ4v) is 1.79. The second-order valence-corrected chi connectivity index (χ2v) is 3.80. The number of aldehydes is 1. The summed E-state index contributed by atoms with van der Waals surface area (Å²) < 4.78 is 10.4. The number of carbonyl (C=O) groups is 1.